The number of hydrogen-bond acceptors (Lipinski definition) is 11. The third-order valence-corrected chi connectivity index (χ3v) is 12.3. The van der Waals surface area contributed by atoms with Gasteiger partial charge >= 0.3 is 6.18 Å². The number of thiophene rings is 1. The molecule has 3 fully saturated rings. The number of nitrogens with one attached hydrogen (secondary N) is 1. The third-order valence-electron chi connectivity index (χ3n) is 9.30. The molecule has 0 saturated carbocycles. The molecule has 7 rings (SSSR count). The van der Waals surface area contributed by atoms with E-state index in [2.05, 4.69) is 38.2 Å². The fourth-order valence-corrected chi connectivity index (χ4v) is 9.18. The Bertz CT molecular complexity index is 1790. The van der Waals surface area contributed by atoms with Gasteiger partial charge in [0.1, 0.15) is 10.4 Å². The summed E-state index contributed by atoms with van der Waals surface area (Å²) < 4.78 is 79.7. The molecule has 11 nitrogen and oxygen atoms in total. The molecule has 6 heterocycles. The molecule has 246 valence electrons. The van der Waals surface area contributed by atoms with Crippen molar-refractivity contribution in [3.63, 3.8) is 0 Å². The van der Waals surface area contributed by atoms with E-state index in [0.29, 0.717) is 42.9 Å². The quantitative estimate of drug-likeness (QED) is 0.414. The number of alkyl halides is 3. The minimum absolute atomic E-state index is 0.00000679. The van der Waals surface area contributed by atoms with Crippen LogP contribution in [0.3, 0.4) is 0 Å². The zero-order chi connectivity index (χ0) is 32.4. The van der Waals surface area contributed by atoms with Crippen molar-refractivity contribution in [3.05, 3.63) is 46.5 Å². The number of likely N-dealkylation sites (N-methyl/N-ethyl adjacent to an activating group) is 1. The first-order valence-corrected chi connectivity index (χ1v) is 17.5. The number of halogens is 3. The molecule has 4 aliphatic heterocycles. The highest BCUT2D eigenvalue weighted by atomic mass is 32.2. The number of sulfone groups is 1. The van der Waals surface area contributed by atoms with Crippen molar-refractivity contribution in [1.82, 2.24) is 19.8 Å². The number of piperazine rings is 1. The van der Waals surface area contributed by atoms with Crippen LogP contribution >= 0.6 is 11.3 Å². The van der Waals surface area contributed by atoms with Crippen molar-refractivity contribution in [2.75, 3.05) is 75.6 Å². The molecule has 4 aliphatic rings. The van der Waals surface area contributed by atoms with Crippen molar-refractivity contribution in [2.24, 2.45) is 0 Å². The first-order chi connectivity index (χ1) is 21.9. The monoisotopic (exact) mass is 678 g/mol. The minimum atomic E-state index is -4.82. The predicted octanol–water partition coefficient (Wildman–Crippen LogP) is 3.68. The number of aryl methyl sites for hydroxylation is 1. The first kappa shape index (κ1) is 31.3. The predicted molar refractivity (Wildman–Crippen MR) is 166 cm³/mol. The average molecular weight is 679 g/mol. The number of fused-ring (bicyclic) bond motifs is 1. The maximum Gasteiger partial charge on any atom is 0.420 e. The van der Waals surface area contributed by atoms with E-state index in [4.69, 9.17) is 9.47 Å². The van der Waals surface area contributed by atoms with Crippen LogP contribution in [0.15, 0.2) is 35.4 Å². The fourth-order valence-electron chi connectivity index (χ4n) is 6.26. The molecule has 0 bridgehead atoms. The van der Waals surface area contributed by atoms with Crippen molar-refractivity contribution in [2.45, 2.75) is 36.0 Å². The Morgan fingerprint density at radius 1 is 1.13 bits per heavy atom. The number of aromatic nitrogens is 2. The van der Waals surface area contributed by atoms with Gasteiger partial charge in [0.05, 0.1) is 59.2 Å². The molecule has 2 aromatic heterocycles. The molecule has 0 unspecified atom stereocenters. The summed E-state index contributed by atoms with van der Waals surface area (Å²) in [6.07, 6.45) is -3.49. The molecule has 1 N–H and O–H groups in total. The lowest BCUT2D eigenvalue weighted by Gasteiger charge is -2.54. The van der Waals surface area contributed by atoms with E-state index in [-0.39, 0.29) is 57.7 Å². The van der Waals surface area contributed by atoms with Gasteiger partial charge in [-0.2, -0.15) is 13.2 Å². The van der Waals surface area contributed by atoms with Gasteiger partial charge in [0.25, 0.3) is 5.91 Å². The standard InChI is InChI=1S/C30H33F3N6O5S2/c1-3-18-10-19(38-7-6-37(2)29(15-38)16-44-17-29)4-5-22(18)35-28-34-12-21(30(31,32)33)25(36-28)23-11-24-26(45-23)27(40)39(20-13-43-14-20)8-9-46(24,41)42/h4-5,10-12,20H,3,6-9,13-17H2,1-2H3,(H,34,35,36). The van der Waals surface area contributed by atoms with E-state index in [1.165, 1.54) is 4.90 Å². The highest BCUT2D eigenvalue weighted by Crippen LogP contribution is 2.43. The van der Waals surface area contributed by atoms with Crippen molar-refractivity contribution in [3.8, 4) is 10.6 Å². The smallest absolute Gasteiger partial charge is 0.377 e. The van der Waals surface area contributed by atoms with Gasteiger partial charge in [-0.1, -0.05) is 6.92 Å². The van der Waals surface area contributed by atoms with Gasteiger partial charge in [0.2, 0.25) is 5.95 Å². The Kier molecular flexibility index (Phi) is 7.78. The lowest BCUT2D eigenvalue weighted by molar-refractivity contribution is -0.137. The summed E-state index contributed by atoms with van der Waals surface area (Å²) in [6, 6.07) is 6.77. The van der Waals surface area contributed by atoms with Crippen LogP contribution in [-0.4, -0.2) is 111 Å². The largest absolute Gasteiger partial charge is 0.420 e. The van der Waals surface area contributed by atoms with Crippen molar-refractivity contribution >= 4 is 44.4 Å². The average Bonchev–Trinajstić information content (AvgIpc) is 3.41. The number of carbonyl (C=O) groups excluding carboxylic acids is 1. The molecule has 3 saturated heterocycles. The highest BCUT2D eigenvalue weighted by Gasteiger charge is 2.46. The summed E-state index contributed by atoms with van der Waals surface area (Å²) in [7, 11) is -1.82. The van der Waals surface area contributed by atoms with E-state index >= 15 is 0 Å². The summed E-state index contributed by atoms with van der Waals surface area (Å²) in [4.78, 5) is 27.3. The number of hydrogen-bond donors (Lipinski definition) is 1. The molecule has 16 heteroatoms. The zero-order valence-electron chi connectivity index (χ0n) is 25.3. The van der Waals surface area contributed by atoms with Crippen LogP contribution in [0.4, 0.5) is 30.5 Å². The number of rotatable bonds is 6. The van der Waals surface area contributed by atoms with E-state index in [1.807, 2.05) is 19.1 Å². The second kappa shape index (κ2) is 11.4. The highest BCUT2D eigenvalue weighted by molar-refractivity contribution is 7.91. The Labute approximate surface area is 268 Å². The molecule has 46 heavy (non-hydrogen) atoms. The number of ether oxygens (including phenoxy) is 2. The van der Waals surface area contributed by atoms with E-state index in [9.17, 15) is 26.4 Å². The molecule has 1 spiro atoms. The SMILES string of the molecule is CCc1cc(N2CCN(C)C3(COC3)C2)ccc1Nc1ncc(C(F)(F)F)c(-c2cc3c(s2)C(=O)N(C2COC2)CCS3(=O)=O)n1. The van der Waals surface area contributed by atoms with Gasteiger partial charge in [-0.3, -0.25) is 9.69 Å². The maximum absolute atomic E-state index is 14.2. The molecule has 1 amide bonds. The molecule has 1 aromatic carbocycles. The van der Waals surface area contributed by atoms with Crippen LogP contribution in [0.2, 0.25) is 0 Å². The van der Waals surface area contributed by atoms with E-state index in [0.717, 1.165) is 37.0 Å². The molecule has 0 atom stereocenters. The Morgan fingerprint density at radius 2 is 1.91 bits per heavy atom. The topological polar surface area (TPSA) is 117 Å². The van der Waals surface area contributed by atoms with Crippen molar-refractivity contribution < 1.29 is 35.9 Å². The Morgan fingerprint density at radius 3 is 2.57 bits per heavy atom. The Hall–Kier alpha value is -3.31. The van der Waals surface area contributed by atoms with Crippen molar-refractivity contribution in [1.29, 1.82) is 0 Å². The van der Waals surface area contributed by atoms with Gasteiger partial charge < -0.3 is 24.6 Å². The summed E-state index contributed by atoms with van der Waals surface area (Å²) in [5.74, 6) is -0.952. The number of benzene rings is 1. The van der Waals surface area contributed by atoms with Gasteiger partial charge in [-0.05, 0) is 43.3 Å². The Balaban J connectivity index is 1.21. The summed E-state index contributed by atoms with van der Waals surface area (Å²) in [6.45, 7) is 6.51. The third kappa shape index (κ3) is 5.43. The van der Waals surface area contributed by atoms with E-state index in [1.54, 1.807) is 0 Å². The summed E-state index contributed by atoms with van der Waals surface area (Å²) in [5, 5.41) is 3.08. The summed E-state index contributed by atoms with van der Waals surface area (Å²) >= 11 is 0.698. The van der Waals surface area contributed by atoms with Crippen LogP contribution in [0.5, 0.6) is 0 Å². The van der Waals surface area contributed by atoms with Crippen LogP contribution in [0.1, 0.15) is 27.7 Å². The molecule has 0 radical (unpaired) electrons. The second-order valence-corrected chi connectivity index (χ2v) is 15.3. The number of anilines is 3. The molecule has 3 aromatic rings. The maximum atomic E-state index is 14.2. The molecule has 0 aliphatic carbocycles. The van der Waals surface area contributed by atoms with Gasteiger partial charge in [0.15, 0.2) is 9.84 Å². The second-order valence-electron chi connectivity index (χ2n) is 12.1. The summed E-state index contributed by atoms with van der Waals surface area (Å²) in [5.41, 5.74) is 0.999. The lowest BCUT2D eigenvalue weighted by atomic mass is 9.91. The van der Waals surface area contributed by atoms with E-state index < -0.39 is 33.2 Å². The normalized spacial score (nSPS) is 21.5. The first-order valence-electron chi connectivity index (χ1n) is 15.0. The number of nitrogens with zero attached hydrogens (tertiary/aromatic N) is 5. The molecular formula is C30H33F3N6O5S2. The molecular weight excluding hydrogens is 645 g/mol. The van der Waals surface area contributed by atoms with Crippen LogP contribution in [0, 0.1) is 0 Å². The van der Waals surface area contributed by atoms with Crippen LogP contribution in [-0.2, 0) is 31.9 Å². The van der Waals surface area contributed by atoms with Gasteiger partial charge in [-0.15, -0.1) is 11.3 Å². The minimum Gasteiger partial charge on any atom is -0.377 e. The van der Waals surface area contributed by atoms with Gasteiger partial charge in [0, 0.05) is 43.8 Å². The van der Waals surface area contributed by atoms with Gasteiger partial charge in [-0.25, -0.2) is 18.4 Å². The lowest BCUT2D eigenvalue weighted by Crippen LogP contribution is -2.70. The number of carbonyl (C=O) groups is 1. The fraction of sp³-hybridized carbons (Fsp3) is 0.500. The zero-order valence-corrected chi connectivity index (χ0v) is 26.9. The number of amides is 1. The van der Waals surface area contributed by atoms with Crippen LogP contribution in [0.25, 0.3) is 10.6 Å². The van der Waals surface area contributed by atoms with Crippen LogP contribution < -0.4 is 10.2 Å².